The molecule has 1 unspecified atom stereocenters. The minimum Gasteiger partial charge on any atom is -0.298 e. The van der Waals surface area contributed by atoms with Gasteiger partial charge < -0.3 is 0 Å². The van der Waals surface area contributed by atoms with Gasteiger partial charge in [-0.2, -0.15) is 11.8 Å². The Hall–Kier alpha value is 0.0200. The maximum Gasteiger partial charge on any atom is 0.151 e. The van der Waals surface area contributed by atoms with Crippen LogP contribution < -0.4 is 0 Å². The molecule has 0 saturated heterocycles. The van der Waals surface area contributed by atoms with Gasteiger partial charge in [-0.15, -0.1) is 0 Å². The van der Waals surface area contributed by atoms with Gasteiger partial charge in [0, 0.05) is 5.41 Å². The molecule has 0 aromatic rings. The van der Waals surface area contributed by atoms with Gasteiger partial charge in [0.1, 0.15) is 0 Å². The third kappa shape index (κ3) is 6.82. The van der Waals surface area contributed by atoms with Crippen LogP contribution in [0.1, 0.15) is 68.7 Å². The Morgan fingerprint density at radius 2 is 1.39 bits per heavy atom. The van der Waals surface area contributed by atoms with E-state index in [1.165, 1.54) is 0 Å². The standard InChI is InChI=1S/C16H32OS/c1-14(2,3)10-11-18-13(16(7,8)9)12(17)15(4,5)6/h13H,10-11H2,1-9H3. The highest BCUT2D eigenvalue weighted by molar-refractivity contribution is 8.00. The van der Waals surface area contributed by atoms with Crippen molar-refractivity contribution in [1.29, 1.82) is 0 Å². The Morgan fingerprint density at radius 3 is 1.67 bits per heavy atom. The molecule has 1 atom stereocenters. The highest BCUT2D eigenvalue weighted by Crippen LogP contribution is 2.37. The fraction of sp³-hybridized carbons (Fsp3) is 0.938. The lowest BCUT2D eigenvalue weighted by Crippen LogP contribution is -2.39. The number of rotatable bonds is 4. The second kappa shape index (κ2) is 5.98. The molecule has 0 saturated carbocycles. The van der Waals surface area contributed by atoms with Crippen molar-refractivity contribution in [3.8, 4) is 0 Å². The summed E-state index contributed by atoms with van der Waals surface area (Å²) < 4.78 is 0. The Kier molecular flexibility index (Phi) is 5.99. The molecule has 0 N–H and O–H groups in total. The van der Waals surface area contributed by atoms with Gasteiger partial charge in [0.25, 0.3) is 0 Å². The Labute approximate surface area is 118 Å². The Bertz CT molecular complexity index is 273. The Morgan fingerprint density at radius 1 is 0.944 bits per heavy atom. The van der Waals surface area contributed by atoms with Crippen molar-refractivity contribution < 1.29 is 4.79 Å². The summed E-state index contributed by atoms with van der Waals surface area (Å²) in [5.74, 6) is 1.45. The second-order valence-electron chi connectivity index (χ2n) is 8.54. The molecular weight excluding hydrogens is 240 g/mol. The van der Waals surface area contributed by atoms with Gasteiger partial charge in [-0.05, 0) is 23.0 Å². The van der Waals surface area contributed by atoms with Crippen LogP contribution in [0.3, 0.4) is 0 Å². The number of hydrogen-bond donors (Lipinski definition) is 0. The van der Waals surface area contributed by atoms with E-state index < -0.39 is 0 Å². The molecule has 0 amide bonds. The lowest BCUT2D eigenvalue weighted by molar-refractivity contribution is -0.127. The van der Waals surface area contributed by atoms with Crippen LogP contribution in [0.15, 0.2) is 0 Å². The lowest BCUT2D eigenvalue weighted by Gasteiger charge is -2.34. The van der Waals surface area contributed by atoms with E-state index in [-0.39, 0.29) is 16.1 Å². The molecule has 0 bridgehead atoms. The van der Waals surface area contributed by atoms with Crippen molar-refractivity contribution in [1.82, 2.24) is 0 Å². The predicted octanol–water partition coefficient (Wildman–Crippen LogP) is 5.19. The fourth-order valence-corrected chi connectivity index (χ4v) is 3.57. The van der Waals surface area contributed by atoms with Gasteiger partial charge in [-0.1, -0.05) is 62.3 Å². The van der Waals surface area contributed by atoms with Crippen LogP contribution >= 0.6 is 11.8 Å². The zero-order valence-electron chi connectivity index (χ0n) is 13.8. The second-order valence-corrected chi connectivity index (χ2v) is 9.75. The van der Waals surface area contributed by atoms with Crippen LogP contribution in [-0.2, 0) is 4.79 Å². The summed E-state index contributed by atoms with van der Waals surface area (Å²) in [6.45, 7) is 19.4. The molecular formula is C16H32OS. The molecule has 0 spiro atoms. The van der Waals surface area contributed by atoms with Crippen LogP contribution in [-0.4, -0.2) is 16.8 Å². The van der Waals surface area contributed by atoms with Crippen molar-refractivity contribution in [2.75, 3.05) is 5.75 Å². The average molecular weight is 272 g/mol. The molecule has 0 aliphatic carbocycles. The minimum absolute atomic E-state index is 0.0346. The molecule has 0 heterocycles. The highest BCUT2D eigenvalue weighted by atomic mass is 32.2. The lowest BCUT2D eigenvalue weighted by atomic mass is 9.79. The van der Waals surface area contributed by atoms with Gasteiger partial charge in [-0.3, -0.25) is 4.79 Å². The normalized spacial score (nSPS) is 15.6. The van der Waals surface area contributed by atoms with E-state index in [0.29, 0.717) is 11.2 Å². The number of ketones is 1. The molecule has 0 fully saturated rings. The summed E-state index contributed by atoms with van der Waals surface area (Å²) in [6.07, 6.45) is 1.15. The first-order chi connectivity index (χ1) is 7.75. The van der Waals surface area contributed by atoms with Gasteiger partial charge in [-0.25, -0.2) is 0 Å². The van der Waals surface area contributed by atoms with Crippen LogP contribution in [0, 0.1) is 16.2 Å². The molecule has 1 nitrogen and oxygen atoms in total. The van der Waals surface area contributed by atoms with Gasteiger partial charge in [0.2, 0.25) is 0 Å². The van der Waals surface area contributed by atoms with Crippen molar-refractivity contribution in [2.45, 2.75) is 74.0 Å². The summed E-state index contributed by atoms with van der Waals surface area (Å²) in [4.78, 5) is 12.5. The molecule has 2 heteroatoms. The minimum atomic E-state index is -0.243. The van der Waals surface area contributed by atoms with Crippen LogP contribution in [0.4, 0.5) is 0 Å². The summed E-state index contributed by atoms with van der Waals surface area (Å²) in [5, 5.41) is 0.0971. The molecule has 108 valence electrons. The molecule has 0 aliphatic heterocycles. The molecule has 0 radical (unpaired) electrons. The average Bonchev–Trinajstić information content (AvgIpc) is 2.05. The topological polar surface area (TPSA) is 17.1 Å². The predicted molar refractivity (Wildman–Crippen MR) is 84.2 cm³/mol. The number of Topliss-reactive ketones (excluding diaryl/α,β-unsaturated/α-hetero) is 1. The quantitative estimate of drug-likeness (QED) is 0.701. The van der Waals surface area contributed by atoms with Crippen LogP contribution in [0.25, 0.3) is 0 Å². The first kappa shape index (κ1) is 18.0. The number of carbonyl (C=O) groups excluding carboxylic acids is 1. The largest absolute Gasteiger partial charge is 0.298 e. The third-order valence-electron chi connectivity index (χ3n) is 2.90. The first-order valence-corrected chi connectivity index (χ1v) is 7.96. The van der Waals surface area contributed by atoms with Gasteiger partial charge in [0.15, 0.2) is 5.78 Å². The highest BCUT2D eigenvalue weighted by Gasteiger charge is 2.37. The first-order valence-electron chi connectivity index (χ1n) is 6.91. The summed E-state index contributed by atoms with van der Waals surface area (Å²) in [5.41, 5.74) is 0.139. The zero-order valence-corrected chi connectivity index (χ0v) is 14.6. The number of thioether (sulfide) groups is 1. The molecule has 0 aromatic carbocycles. The van der Waals surface area contributed by atoms with Crippen molar-refractivity contribution in [2.24, 2.45) is 16.2 Å². The van der Waals surface area contributed by atoms with Crippen LogP contribution in [0.5, 0.6) is 0 Å². The number of hydrogen-bond acceptors (Lipinski definition) is 2. The maximum absolute atomic E-state index is 12.5. The number of carbonyl (C=O) groups is 1. The van der Waals surface area contributed by atoms with E-state index in [1.807, 2.05) is 32.5 Å². The van der Waals surface area contributed by atoms with Crippen molar-refractivity contribution in [3.05, 3.63) is 0 Å². The maximum atomic E-state index is 12.5. The van der Waals surface area contributed by atoms with E-state index >= 15 is 0 Å². The van der Waals surface area contributed by atoms with Gasteiger partial charge in [0.05, 0.1) is 5.25 Å². The fourth-order valence-electron chi connectivity index (χ4n) is 1.60. The smallest absolute Gasteiger partial charge is 0.151 e. The monoisotopic (exact) mass is 272 g/mol. The third-order valence-corrected chi connectivity index (χ3v) is 4.59. The molecule has 0 rings (SSSR count). The molecule has 0 aliphatic rings. The van der Waals surface area contributed by atoms with E-state index in [0.717, 1.165) is 12.2 Å². The van der Waals surface area contributed by atoms with E-state index in [4.69, 9.17) is 0 Å². The van der Waals surface area contributed by atoms with Crippen LogP contribution in [0.2, 0.25) is 0 Å². The van der Waals surface area contributed by atoms with E-state index in [9.17, 15) is 4.79 Å². The van der Waals surface area contributed by atoms with Gasteiger partial charge >= 0.3 is 0 Å². The van der Waals surface area contributed by atoms with Crippen molar-refractivity contribution in [3.63, 3.8) is 0 Å². The Balaban J connectivity index is 4.69. The molecule has 18 heavy (non-hydrogen) atoms. The van der Waals surface area contributed by atoms with Crippen molar-refractivity contribution >= 4 is 17.5 Å². The summed E-state index contributed by atoms with van der Waals surface area (Å²) in [6, 6.07) is 0. The molecule has 0 aromatic heterocycles. The summed E-state index contributed by atoms with van der Waals surface area (Å²) >= 11 is 1.84. The van der Waals surface area contributed by atoms with E-state index in [1.54, 1.807) is 0 Å². The summed E-state index contributed by atoms with van der Waals surface area (Å²) in [7, 11) is 0. The SMILES string of the molecule is CC(C)(C)CCSC(C(=O)C(C)(C)C)C(C)(C)C. The zero-order chi connectivity index (χ0) is 14.8. The van der Waals surface area contributed by atoms with E-state index in [2.05, 4.69) is 41.5 Å².